The summed E-state index contributed by atoms with van der Waals surface area (Å²) >= 11 is 14.3. The van der Waals surface area contributed by atoms with Crippen LogP contribution in [0, 0.1) is 11.3 Å². The molecule has 1 heterocycles. The van der Waals surface area contributed by atoms with Crippen LogP contribution in [0.5, 0.6) is 0 Å². The highest BCUT2D eigenvalue weighted by molar-refractivity contribution is 7.98. The lowest BCUT2D eigenvalue weighted by molar-refractivity contribution is -0.122. The molecule has 3 rings (SSSR count). The molecule has 1 unspecified atom stereocenters. The number of carbonyl (C=O) groups is 1. The van der Waals surface area contributed by atoms with Crippen molar-refractivity contribution in [2.75, 3.05) is 0 Å². The molecule has 5 nitrogen and oxygen atoms in total. The van der Waals surface area contributed by atoms with Crippen molar-refractivity contribution >= 4 is 40.9 Å². The Hall–Kier alpha value is -2.02. The van der Waals surface area contributed by atoms with Gasteiger partial charge in [0.05, 0.1) is 17.3 Å². The minimum atomic E-state index is -0.00280. The Morgan fingerprint density at radius 1 is 1.12 bits per heavy atom. The van der Waals surface area contributed by atoms with Gasteiger partial charge < -0.3 is 5.32 Å². The first-order valence-electron chi connectivity index (χ1n) is 11.0. The molecule has 1 amide bonds. The average molecular weight is 506 g/mol. The van der Waals surface area contributed by atoms with Gasteiger partial charge in [0.15, 0.2) is 11.0 Å². The van der Waals surface area contributed by atoms with Gasteiger partial charge in [0.1, 0.15) is 0 Å². The van der Waals surface area contributed by atoms with Crippen LogP contribution < -0.4 is 5.32 Å². The first-order valence-corrected chi connectivity index (χ1v) is 12.7. The molecule has 0 bridgehead atoms. The molecule has 1 aromatic heterocycles. The van der Waals surface area contributed by atoms with Crippen LogP contribution in [0.3, 0.4) is 0 Å². The molecule has 1 N–H and O–H groups in total. The van der Waals surface area contributed by atoms with Crippen molar-refractivity contribution < 1.29 is 4.79 Å². The van der Waals surface area contributed by atoms with Gasteiger partial charge in [-0.25, -0.2) is 0 Å². The quantitative estimate of drug-likeness (QED) is 0.320. The molecule has 0 radical (unpaired) electrons. The second kappa shape index (κ2) is 11.4. The van der Waals surface area contributed by atoms with E-state index in [0.29, 0.717) is 39.1 Å². The normalized spacial score (nSPS) is 12.5. The van der Waals surface area contributed by atoms with Crippen molar-refractivity contribution in [1.29, 1.82) is 0 Å². The molecule has 1 atom stereocenters. The summed E-state index contributed by atoms with van der Waals surface area (Å²) in [6.45, 7) is 8.92. The summed E-state index contributed by atoms with van der Waals surface area (Å²) in [4.78, 5) is 12.6. The summed E-state index contributed by atoms with van der Waals surface area (Å²) in [6.07, 6.45) is 1.45. The highest BCUT2D eigenvalue weighted by atomic mass is 35.5. The number of nitrogens with zero attached hydrogens (tertiary/aromatic N) is 3. The molecule has 0 aliphatic heterocycles. The van der Waals surface area contributed by atoms with Crippen LogP contribution in [0.1, 0.15) is 51.9 Å². The van der Waals surface area contributed by atoms with E-state index in [0.717, 1.165) is 12.2 Å². The molecular weight excluding hydrogens is 475 g/mol. The molecule has 0 saturated heterocycles. The number of aromatic nitrogens is 3. The lowest BCUT2D eigenvalue weighted by Gasteiger charge is -2.22. The van der Waals surface area contributed by atoms with E-state index in [2.05, 4.69) is 55.3 Å². The molecule has 0 aliphatic carbocycles. The van der Waals surface area contributed by atoms with Gasteiger partial charge in [-0.2, -0.15) is 0 Å². The Labute approximate surface area is 210 Å². The van der Waals surface area contributed by atoms with Gasteiger partial charge in [-0.1, -0.05) is 93.0 Å². The third kappa shape index (κ3) is 7.76. The second-order valence-electron chi connectivity index (χ2n) is 9.46. The number of hydrogen-bond acceptors (Lipinski definition) is 4. The summed E-state index contributed by atoms with van der Waals surface area (Å²) in [5.41, 5.74) is 2.06. The van der Waals surface area contributed by atoms with Crippen LogP contribution in [0.15, 0.2) is 53.7 Å². The Morgan fingerprint density at radius 3 is 2.55 bits per heavy atom. The fourth-order valence-electron chi connectivity index (χ4n) is 3.81. The summed E-state index contributed by atoms with van der Waals surface area (Å²) in [7, 11) is 0. The van der Waals surface area contributed by atoms with E-state index in [1.54, 1.807) is 30.0 Å². The van der Waals surface area contributed by atoms with E-state index in [1.165, 1.54) is 5.56 Å². The highest BCUT2D eigenvalue weighted by Gasteiger charge is 2.20. The molecular formula is C25H30Cl2N4OS. The smallest absolute Gasteiger partial charge is 0.220 e. The Bertz CT molecular complexity index is 1080. The number of rotatable bonds is 9. The zero-order valence-electron chi connectivity index (χ0n) is 19.4. The van der Waals surface area contributed by atoms with Crippen molar-refractivity contribution in [3.05, 3.63) is 70.0 Å². The summed E-state index contributed by atoms with van der Waals surface area (Å²) in [6, 6.07) is 15.4. The van der Waals surface area contributed by atoms with Crippen LogP contribution in [-0.2, 0) is 17.1 Å². The molecule has 33 heavy (non-hydrogen) atoms. The van der Waals surface area contributed by atoms with E-state index < -0.39 is 0 Å². The van der Waals surface area contributed by atoms with E-state index in [9.17, 15) is 4.79 Å². The maximum atomic E-state index is 12.6. The molecule has 0 fully saturated rings. The van der Waals surface area contributed by atoms with Gasteiger partial charge in [0, 0.05) is 17.2 Å². The van der Waals surface area contributed by atoms with Crippen LogP contribution in [-0.4, -0.2) is 20.7 Å². The van der Waals surface area contributed by atoms with Crippen molar-refractivity contribution in [3.8, 4) is 5.69 Å². The third-order valence-corrected chi connectivity index (χ3v) is 6.55. The molecule has 8 heteroatoms. The first-order chi connectivity index (χ1) is 15.6. The van der Waals surface area contributed by atoms with E-state index in [1.807, 2.05) is 22.8 Å². The first kappa shape index (κ1) is 25.6. The number of amides is 1. The SMILES string of the molecule is CC(CC(=O)NCc1nnc(SCc2ccccc2)n1-c1cc(Cl)ccc1Cl)CC(C)(C)C. The predicted octanol–water partition coefficient (Wildman–Crippen LogP) is 6.95. The summed E-state index contributed by atoms with van der Waals surface area (Å²) in [5, 5.41) is 13.5. The van der Waals surface area contributed by atoms with Gasteiger partial charge in [-0.05, 0) is 41.5 Å². The standard InChI is InChI=1S/C25H30Cl2N4OS/c1-17(14-25(2,3)4)12-23(32)28-15-22-29-30-24(33-16-18-8-6-5-7-9-18)31(22)21-13-19(26)10-11-20(21)27/h5-11,13,17H,12,14-16H2,1-4H3,(H,28,32). The zero-order chi connectivity index (χ0) is 24.0. The van der Waals surface area contributed by atoms with Gasteiger partial charge in [-0.3, -0.25) is 9.36 Å². The molecule has 3 aromatic rings. The topological polar surface area (TPSA) is 59.8 Å². The number of benzene rings is 2. The Kier molecular flexibility index (Phi) is 8.85. The molecule has 0 aliphatic rings. The Balaban J connectivity index is 1.79. The number of thioether (sulfide) groups is 1. The lowest BCUT2D eigenvalue weighted by atomic mass is 9.84. The van der Waals surface area contributed by atoms with Crippen molar-refractivity contribution in [1.82, 2.24) is 20.1 Å². The van der Waals surface area contributed by atoms with Crippen LogP contribution >= 0.6 is 35.0 Å². The van der Waals surface area contributed by atoms with Gasteiger partial charge in [0.25, 0.3) is 0 Å². The monoisotopic (exact) mass is 504 g/mol. The predicted molar refractivity (Wildman–Crippen MR) is 137 cm³/mol. The van der Waals surface area contributed by atoms with Crippen LogP contribution in [0.25, 0.3) is 5.69 Å². The minimum absolute atomic E-state index is 0.00280. The average Bonchev–Trinajstić information content (AvgIpc) is 3.14. The fraction of sp³-hybridized carbons (Fsp3) is 0.400. The van der Waals surface area contributed by atoms with Crippen molar-refractivity contribution in [3.63, 3.8) is 0 Å². The summed E-state index contributed by atoms with van der Waals surface area (Å²) in [5.74, 6) is 1.62. The van der Waals surface area contributed by atoms with Crippen LogP contribution in [0.4, 0.5) is 0 Å². The minimum Gasteiger partial charge on any atom is -0.349 e. The lowest BCUT2D eigenvalue weighted by Crippen LogP contribution is -2.27. The van der Waals surface area contributed by atoms with E-state index >= 15 is 0 Å². The maximum Gasteiger partial charge on any atom is 0.220 e. The number of carbonyl (C=O) groups excluding carboxylic acids is 1. The molecule has 176 valence electrons. The van der Waals surface area contributed by atoms with Crippen molar-refractivity contribution in [2.24, 2.45) is 11.3 Å². The molecule has 2 aromatic carbocycles. The number of halogens is 2. The van der Waals surface area contributed by atoms with E-state index in [4.69, 9.17) is 23.2 Å². The summed E-state index contributed by atoms with van der Waals surface area (Å²) < 4.78 is 1.88. The van der Waals surface area contributed by atoms with Gasteiger partial charge in [0.2, 0.25) is 5.91 Å². The largest absolute Gasteiger partial charge is 0.349 e. The Morgan fingerprint density at radius 2 is 1.85 bits per heavy atom. The highest BCUT2D eigenvalue weighted by Crippen LogP contribution is 2.31. The third-order valence-electron chi connectivity index (χ3n) is 5.00. The van der Waals surface area contributed by atoms with E-state index in [-0.39, 0.29) is 17.9 Å². The number of hydrogen-bond donors (Lipinski definition) is 1. The fourth-order valence-corrected chi connectivity index (χ4v) is 5.10. The second-order valence-corrected chi connectivity index (χ2v) is 11.2. The molecule has 0 spiro atoms. The van der Waals surface area contributed by atoms with Crippen molar-refractivity contribution in [2.45, 2.75) is 58.0 Å². The van der Waals surface area contributed by atoms with Gasteiger partial charge in [-0.15, -0.1) is 10.2 Å². The van der Waals surface area contributed by atoms with Gasteiger partial charge >= 0.3 is 0 Å². The van der Waals surface area contributed by atoms with Crippen LogP contribution in [0.2, 0.25) is 10.0 Å². The maximum absolute atomic E-state index is 12.6. The molecule has 0 saturated carbocycles. The number of nitrogens with one attached hydrogen (secondary N) is 1. The zero-order valence-corrected chi connectivity index (χ0v) is 21.8.